The summed E-state index contributed by atoms with van der Waals surface area (Å²) < 4.78 is 28.5. The lowest BCUT2D eigenvalue weighted by Crippen LogP contribution is -2.45. The van der Waals surface area contributed by atoms with Gasteiger partial charge in [-0.25, -0.2) is 9.97 Å². The van der Waals surface area contributed by atoms with Crippen LogP contribution in [-0.2, 0) is 20.6 Å². The summed E-state index contributed by atoms with van der Waals surface area (Å²) in [5, 5.41) is 10.3. The van der Waals surface area contributed by atoms with Crippen LogP contribution in [0.3, 0.4) is 0 Å². The fourth-order valence-corrected chi connectivity index (χ4v) is 4.66. The number of allylic oxidation sites excluding steroid dienone is 6. The second-order valence-corrected chi connectivity index (χ2v) is 9.95. The highest BCUT2D eigenvalue weighted by molar-refractivity contribution is 5.44. The van der Waals surface area contributed by atoms with E-state index < -0.39 is 11.9 Å². The zero-order valence-corrected chi connectivity index (χ0v) is 23.0. The molecule has 3 rings (SSSR count). The molecular formula is C29H42N2O6. The van der Waals surface area contributed by atoms with Gasteiger partial charge in [0.1, 0.15) is 24.3 Å². The number of hydrogen-bond donors (Lipinski definition) is 1. The number of nitrogens with zero attached hydrogens (tertiary/aromatic N) is 2. The van der Waals surface area contributed by atoms with Crippen molar-refractivity contribution < 1.29 is 28.2 Å². The second-order valence-electron chi connectivity index (χ2n) is 9.95. The Morgan fingerprint density at radius 2 is 2.05 bits per heavy atom. The van der Waals surface area contributed by atoms with Gasteiger partial charge < -0.3 is 28.2 Å². The lowest BCUT2D eigenvalue weighted by Gasteiger charge is -2.40. The van der Waals surface area contributed by atoms with Gasteiger partial charge in [0.25, 0.3) is 0 Å². The van der Waals surface area contributed by atoms with Gasteiger partial charge in [-0.1, -0.05) is 42.9 Å². The molecule has 3 heterocycles. The Morgan fingerprint density at radius 3 is 2.78 bits per heavy atom. The molecular weight excluding hydrogens is 472 g/mol. The van der Waals surface area contributed by atoms with Crippen LogP contribution in [0.2, 0.25) is 0 Å². The molecule has 0 radical (unpaired) electrons. The van der Waals surface area contributed by atoms with E-state index in [1.54, 1.807) is 26.7 Å². The second kappa shape index (κ2) is 13.9. The average Bonchev–Trinajstić information content (AvgIpc) is 3.52. The number of aliphatic hydroxyl groups is 1. The van der Waals surface area contributed by atoms with Gasteiger partial charge >= 0.3 is 0 Å². The van der Waals surface area contributed by atoms with Gasteiger partial charge in [-0.05, 0) is 46.0 Å². The highest BCUT2D eigenvalue weighted by Gasteiger charge is 2.39. The molecule has 8 nitrogen and oxygen atoms in total. The number of aryl methyl sites for hydroxylation is 1. The van der Waals surface area contributed by atoms with E-state index in [0.717, 1.165) is 12.8 Å². The van der Waals surface area contributed by atoms with Crippen molar-refractivity contribution in [1.82, 2.24) is 9.97 Å². The van der Waals surface area contributed by atoms with E-state index in [1.807, 2.05) is 13.8 Å². The third-order valence-electron chi connectivity index (χ3n) is 6.55. The average molecular weight is 515 g/mol. The fourth-order valence-electron chi connectivity index (χ4n) is 4.66. The third kappa shape index (κ3) is 8.78. The number of oxazole rings is 2. The molecule has 1 fully saturated rings. The minimum Gasteiger partial charge on any atom is -0.448 e. The molecule has 0 bridgehead atoms. The van der Waals surface area contributed by atoms with Gasteiger partial charge in [-0.15, -0.1) is 0 Å². The van der Waals surface area contributed by atoms with Crippen LogP contribution >= 0.6 is 0 Å². The van der Waals surface area contributed by atoms with Gasteiger partial charge in [0.05, 0.1) is 12.2 Å². The van der Waals surface area contributed by atoms with Crippen LogP contribution in [0.25, 0.3) is 11.6 Å². The normalized spacial score (nSPS) is 24.8. The summed E-state index contributed by atoms with van der Waals surface area (Å²) in [6.07, 6.45) is 16.9. The van der Waals surface area contributed by atoms with Crippen LogP contribution in [0.4, 0.5) is 0 Å². The first-order valence-electron chi connectivity index (χ1n) is 13.0. The predicted octanol–water partition coefficient (Wildman–Crippen LogP) is 6.35. The molecule has 1 aliphatic heterocycles. The number of rotatable bonds is 13. The van der Waals surface area contributed by atoms with Crippen molar-refractivity contribution in [3.63, 3.8) is 0 Å². The zero-order chi connectivity index (χ0) is 26.8. The number of aromatic nitrogens is 2. The molecule has 5 atom stereocenters. The largest absolute Gasteiger partial charge is 0.448 e. The number of hydrogen-bond acceptors (Lipinski definition) is 8. The van der Waals surface area contributed by atoms with Crippen LogP contribution < -0.4 is 0 Å². The Kier molecular flexibility index (Phi) is 10.9. The Bertz CT molecular complexity index is 1050. The summed E-state index contributed by atoms with van der Waals surface area (Å²) in [6.45, 7) is 8.23. The van der Waals surface area contributed by atoms with Crippen molar-refractivity contribution in [2.75, 3.05) is 14.2 Å². The summed E-state index contributed by atoms with van der Waals surface area (Å²) in [7, 11) is 3.21. The van der Waals surface area contributed by atoms with E-state index in [1.165, 1.54) is 5.57 Å². The Hall–Kier alpha value is -2.52. The summed E-state index contributed by atoms with van der Waals surface area (Å²) in [5.41, 5.74) is 2.54. The third-order valence-corrected chi connectivity index (χ3v) is 6.55. The van der Waals surface area contributed by atoms with Gasteiger partial charge in [-0.3, -0.25) is 0 Å². The van der Waals surface area contributed by atoms with E-state index >= 15 is 0 Å². The molecule has 8 heteroatoms. The topological polar surface area (TPSA) is 100.0 Å². The SMILES string of the molecule is C/C=C/C(C)/C=C(/C)C/C=C/CCc1nc(-c2nc(C(C[C@@H]3C[C@H](O)C[C@@](C)(OC)O3)OC)co2)co1. The molecule has 2 aromatic heterocycles. The van der Waals surface area contributed by atoms with Crippen LogP contribution in [0.5, 0.6) is 0 Å². The maximum Gasteiger partial charge on any atom is 0.248 e. The molecule has 2 aromatic rings. The molecule has 2 unspecified atom stereocenters. The Labute approximate surface area is 220 Å². The number of ether oxygens (including phenoxy) is 3. The first-order valence-corrected chi connectivity index (χ1v) is 13.0. The van der Waals surface area contributed by atoms with E-state index in [-0.39, 0.29) is 12.2 Å². The van der Waals surface area contributed by atoms with Crippen molar-refractivity contribution in [3.8, 4) is 11.6 Å². The van der Waals surface area contributed by atoms with E-state index in [2.05, 4.69) is 54.2 Å². The van der Waals surface area contributed by atoms with Crippen LogP contribution in [0.1, 0.15) is 77.5 Å². The van der Waals surface area contributed by atoms with E-state index in [4.69, 9.17) is 23.0 Å². The van der Waals surface area contributed by atoms with Crippen LogP contribution in [0.15, 0.2) is 57.3 Å². The lowest BCUT2D eigenvalue weighted by molar-refractivity contribution is -0.278. The Morgan fingerprint density at radius 1 is 1.24 bits per heavy atom. The number of aliphatic hydroxyl groups excluding tert-OH is 1. The monoisotopic (exact) mass is 514 g/mol. The van der Waals surface area contributed by atoms with Gasteiger partial charge in [0, 0.05) is 33.5 Å². The quantitative estimate of drug-likeness (QED) is 0.309. The maximum absolute atomic E-state index is 10.3. The van der Waals surface area contributed by atoms with Gasteiger partial charge in [-0.2, -0.15) is 0 Å². The summed E-state index contributed by atoms with van der Waals surface area (Å²) in [6, 6.07) is 0. The molecule has 0 saturated carbocycles. The highest BCUT2D eigenvalue weighted by Crippen LogP contribution is 2.35. The van der Waals surface area contributed by atoms with Crippen molar-refractivity contribution in [3.05, 3.63) is 60.1 Å². The molecule has 0 spiro atoms. The van der Waals surface area contributed by atoms with Crippen LogP contribution in [0, 0.1) is 5.92 Å². The molecule has 0 amide bonds. The first kappa shape index (κ1) is 29.0. The molecule has 1 aliphatic rings. The molecule has 1 N–H and O–H groups in total. The zero-order valence-electron chi connectivity index (χ0n) is 23.0. The Balaban J connectivity index is 1.53. The minimum absolute atomic E-state index is 0.235. The first-order chi connectivity index (χ1) is 17.7. The lowest BCUT2D eigenvalue weighted by atomic mass is 9.95. The smallest absolute Gasteiger partial charge is 0.248 e. The van der Waals surface area contributed by atoms with Gasteiger partial charge in [0.2, 0.25) is 5.89 Å². The van der Waals surface area contributed by atoms with Gasteiger partial charge in [0.15, 0.2) is 17.4 Å². The summed E-state index contributed by atoms with van der Waals surface area (Å²) in [4.78, 5) is 9.12. The molecule has 0 aromatic carbocycles. The van der Waals surface area contributed by atoms with Crippen molar-refractivity contribution >= 4 is 0 Å². The highest BCUT2D eigenvalue weighted by atomic mass is 16.7. The minimum atomic E-state index is -0.817. The molecule has 1 saturated heterocycles. The van der Waals surface area contributed by atoms with Crippen molar-refractivity contribution in [2.24, 2.45) is 5.92 Å². The molecule has 37 heavy (non-hydrogen) atoms. The molecule has 0 aliphatic carbocycles. The fraction of sp³-hybridized carbons (Fsp3) is 0.586. The standard InChI is InChI=1S/C29H42N2O6/c1-7-11-20(2)14-21(3)12-9-8-10-13-27-30-25(19-35-27)28-31-24(18-36-28)26(33-5)16-23-15-22(32)17-29(4,34-6)37-23/h7-9,11,14,18-20,22-23,26,32H,10,12-13,15-17H2,1-6H3/b9-8+,11-7+,21-14-/t20?,22-,23-,26?,29-/m0/s1. The van der Waals surface area contributed by atoms with Crippen LogP contribution in [-0.4, -0.2) is 47.3 Å². The van der Waals surface area contributed by atoms with E-state index in [9.17, 15) is 5.11 Å². The molecule has 204 valence electrons. The number of methoxy groups -OCH3 is 2. The van der Waals surface area contributed by atoms with E-state index in [0.29, 0.717) is 54.8 Å². The summed E-state index contributed by atoms with van der Waals surface area (Å²) >= 11 is 0. The predicted molar refractivity (Wildman–Crippen MR) is 142 cm³/mol. The van der Waals surface area contributed by atoms with Crippen molar-refractivity contribution in [2.45, 2.75) is 90.3 Å². The van der Waals surface area contributed by atoms with Crippen molar-refractivity contribution in [1.29, 1.82) is 0 Å². The summed E-state index contributed by atoms with van der Waals surface area (Å²) in [5.74, 6) is 0.659. The maximum atomic E-state index is 10.3.